The van der Waals surface area contributed by atoms with E-state index in [-0.39, 0.29) is 0 Å². The maximum absolute atomic E-state index is 4.82. The van der Waals surface area contributed by atoms with Gasteiger partial charge in [0.25, 0.3) is 0 Å². The molecule has 0 aliphatic carbocycles. The van der Waals surface area contributed by atoms with Crippen LogP contribution in [-0.4, -0.2) is 22.9 Å². The average Bonchev–Trinajstić information content (AvgIpc) is 2.87. The second-order valence-electron chi connectivity index (χ2n) is 7.23. The molecule has 0 aromatic carbocycles. The fourth-order valence-electron chi connectivity index (χ4n) is 2.74. The highest BCUT2D eigenvalue weighted by atomic mass is 15.3. The van der Waals surface area contributed by atoms with Crippen molar-refractivity contribution in [1.82, 2.24) is 15.1 Å². The summed E-state index contributed by atoms with van der Waals surface area (Å²) in [4.78, 5) is 0. The van der Waals surface area contributed by atoms with Gasteiger partial charge >= 0.3 is 0 Å². The van der Waals surface area contributed by atoms with Gasteiger partial charge in [-0.1, -0.05) is 41.5 Å². The predicted octanol–water partition coefficient (Wildman–Crippen LogP) is 4.45. The summed E-state index contributed by atoms with van der Waals surface area (Å²) in [6, 6.07) is 2.75. The Morgan fingerprint density at radius 3 is 2.38 bits per heavy atom. The summed E-state index contributed by atoms with van der Waals surface area (Å²) >= 11 is 0. The van der Waals surface area contributed by atoms with Crippen molar-refractivity contribution in [1.29, 1.82) is 0 Å². The van der Waals surface area contributed by atoms with Gasteiger partial charge in [0, 0.05) is 6.20 Å². The van der Waals surface area contributed by atoms with Crippen LogP contribution in [0.5, 0.6) is 0 Å². The highest BCUT2D eigenvalue weighted by Gasteiger charge is 2.25. The van der Waals surface area contributed by atoms with E-state index in [1.165, 1.54) is 12.1 Å². The number of nitrogens with zero attached hydrogens (tertiary/aromatic N) is 2. The first-order chi connectivity index (χ1) is 9.92. The molecule has 0 aliphatic rings. The van der Waals surface area contributed by atoms with E-state index in [1.807, 2.05) is 0 Å². The summed E-state index contributed by atoms with van der Waals surface area (Å²) in [5, 5.41) is 8.40. The van der Waals surface area contributed by atoms with E-state index in [0.29, 0.717) is 17.4 Å². The van der Waals surface area contributed by atoms with Gasteiger partial charge in [-0.05, 0) is 56.2 Å². The van der Waals surface area contributed by atoms with Crippen LogP contribution in [0, 0.1) is 11.3 Å². The van der Waals surface area contributed by atoms with Crippen LogP contribution >= 0.6 is 0 Å². The molecule has 1 aromatic heterocycles. The van der Waals surface area contributed by atoms with E-state index in [2.05, 4.69) is 63.8 Å². The molecule has 0 spiro atoms. The zero-order valence-electron chi connectivity index (χ0n) is 14.9. The lowest BCUT2D eigenvalue weighted by Gasteiger charge is -2.30. The van der Waals surface area contributed by atoms with E-state index < -0.39 is 0 Å². The highest BCUT2D eigenvalue weighted by Crippen LogP contribution is 2.28. The van der Waals surface area contributed by atoms with Gasteiger partial charge in [0.05, 0.1) is 11.7 Å². The van der Waals surface area contributed by atoms with E-state index in [4.69, 9.17) is 5.10 Å². The molecule has 1 rings (SSSR count). The molecule has 1 aromatic rings. The van der Waals surface area contributed by atoms with Crippen LogP contribution in [0.2, 0.25) is 0 Å². The van der Waals surface area contributed by atoms with Crippen molar-refractivity contribution in [2.45, 2.75) is 73.3 Å². The zero-order valence-corrected chi connectivity index (χ0v) is 14.9. The molecule has 3 nitrogen and oxygen atoms in total. The third-order valence-corrected chi connectivity index (χ3v) is 4.48. The second-order valence-corrected chi connectivity index (χ2v) is 7.23. The SMILES string of the molecule is CCCNCC(Cc1ccn(C(CC)CC)n1)C(C)(C)C. The molecule has 1 unspecified atom stereocenters. The zero-order chi connectivity index (χ0) is 15.9. The van der Waals surface area contributed by atoms with Crippen molar-refractivity contribution >= 4 is 0 Å². The fourth-order valence-corrected chi connectivity index (χ4v) is 2.74. The smallest absolute Gasteiger partial charge is 0.0628 e. The van der Waals surface area contributed by atoms with Gasteiger partial charge in [0.15, 0.2) is 0 Å². The number of rotatable bonds is 9. The molecule has 122 valence electrons. The number of hydrogen-bond donors (Lipinski definition) is 1. The standard InChI is InChI=1S/C18H35N3/c1-7-11-19-14-15(18(4,5)6)13-16-10-12-21(20-16)17(8-2)9-3/h10,12,15,17,19H,7-9,11,13-14H2,1-6H3. The lowest BCUT2D eigenvalue weighted by atomic mass is 9.78. The molecular formula is C18H35N3. The lowest BCUT2D eigenvalue weighted by molar-refractivity contribution is 0.229. The van der Waals surface area contributed by atoms with Crippen LogP contribution in [0.3, 0.4) is 0 Å². The molecule has 0 amide bonds. The van der Waals surface area contributed by atoms with Gasteiger partial charge in [-0.3, -0.25) is 4.68 Å². The summed E-state index contributed by atoms with van der Waals surface area (Å²) in [5.74, 6) is 0.620. The fraction of sp³-hybridized carbons (Fsp3) is 0.833. The summed E-state index contributed by atoms with van der Waals surface area (Å²) in [5.41, 5.74) is 1.54. The maximum atomic E-state index is 4.82. The molecule has 0 saturated heterocycles. The minimum atomic E-state index is 0.305. The molecule has 0 fully saturated rings. The minimum Gasteiger partial charge on any atom is -0.316 e. The lowest BCUT2D eigenvalue weighted by Crippen LogP contribution is -2.34. The Labute approximate surface area is 131 Å². The minimum absolute atomic E-state index is 0.305. The van der Waals surface area contributed by atoms with Gasteiger partial charge < -0.3 is 5.32 Å². The van der Waals surface area contributed by atoms with Crippen molar-refractivity contribution in [2.75, 3.05) is 13.1 Å². The van der Waals surface area contributed by atoms with Crippen molar-refractivity contribution in [3.8, 4) is 0 Å². The summed E-state index contributed by atoms with van der Waals surface area (Å²) < 4.78 is 2.16. The molecule has 1 atom stereocenters. The molecule has 0 aliphatic heterocycles. The quantitative estimate of drug-likeness (QED) is 0.682. The number of hydrogen-bond acceptors (Lipinski definition) is 2. The van der Waals surface area contributed by atoms with Gasteiger partial charge in [-0.25, -0.2) is 0 Å². The van der Waals surface area contributed by atoms with Crippen molar-refractivity contribution < 1.29 is 0 Å². The van der Waals surface area contributed by atoms with Crippen LogP contribution < -0.4 is 5.32 Å². The van der Waals surface area contributed by atoms with E-state index >= 15 is 0 Å². The summed E-state index contributed by atoms with van der Waals surface area (Å²) in [7, 11) is 0. The first-order valence-electron chi connectivity index (χ1n) is 8.67. The Kier molecular flexibility index (Phi) is 7.44. The Morgan fingerprint density at radius 1 is 1.19 bits per heavy atom. The highest BCUT2D eigenvalue weighted by molar-refractivity contribution is 5.02. The van der Waals surface area contributed by atoms with Gasteiger partial charge in [-0.2, -0.15) is 5.10 Å². The van der Waals surface area contributed by atoms with E-state index in [9.17, 15) is 0 Å². The topological polar surface area (TPSA) is 29.9 Å². The van der Waals surface area contributed by atoms with Crippen LogP contribution in [-0.2, 0) is 6.42 Å². The Balaban J connectivity index is 2.70. The van der Waals surface area contributed by atoms with Crippen molar-refractivity contribution in [2.24, 2.45) is 11.3 Å². The largest absolute Gasteiger partial charge is 0.316 e. The number of nitrogens with one attached hydrogen (secondary N) is 1. The molecular weight excluding hydrogens is 258 g/mol. The van der Waals surface area contributed by atoms with Crippen molar-refractivity contribution in [3.05, 3.63) is 18.0 Å². The number of aromatic nitrogens is 2. The molecule has 21 heavy (non-hydrogen) atoms. The van der Waals surface area contributed by atoms with Crippen molar-refractivity contribution in [3.63, 3.8) is 0 Å². The Morgan fingerprint density at radius 2 is 1.86 bits per heavy atom. The summed E-state index contributed by atoms with van der Waals surface area (Å²) in [6.45, 7) is 15.9. The average molecular weight is 293 g/mol. The van der Waals surface area contributed by atoms with Crippen LogP contribution in [0.1, 0.15) is 72.5 Å². The first-order valence-corrected chi connectivity index (χ1v) is 8.67. The maximum Gasteiger partial charge on any atom is 0.0628 e. The van der Waals surface area contributed by atoms with Crippen LogP contribution in [0.15, 0.2) is 12.3 Å². The van der Waals surface area contributed by atoms with Crippen LogP contribution in [0.25, 0.3) is 0 Å². The summed E-state index contributed by atoms with van der Waals surface area (Å²) in [6.07, 6.45) is 6.72. The Hall–Kier alpha value is -0.830. The van der Waals surface area contributed by atoms with Gasteiger partial charge in [0.1, 0.15) is 0 Å². The molecule has 1 N–H and O–H groups in total. The molecule has 3 heteroatoms. The van der Waals surface area contributed by atoms with Gasteiger partial charge in [0.2, 0.25) is 0 Å². The van der Waals surface area contributed by atoms with E-state index in [1.54, 1.807) is 0 Å². The normalized spacial score (nSPS) is 13.9. The third kappa shape index (κ3) is 5.82. The predicted molar refractivity (Wildman–Crippen MR) is 91.7 cm³/mol. The molecule has 0 saturated carbocycles. The van der Waals surface area contributed by atoms with Gasteiger partial charge in [-0.15, -0.1) is 0 Å². The molecule has 0 bridgehead atoms. The first kappa shape index (κ1) is 18.2. The monoisotopic (exact) mass is 293 g/mol. The molecule has 1 heterocycles. The van der Waals surface area contributed by atoms with E-state index in [0.717, 1.165) is 32.4 Å². The molecule has 0 radical (unpaired) electrons. The van der Waals surface area contributed by atoms with Crippen LogP contribution in [0.4, 0.5) is 0 Å². The second kappa shape index (κ2) is 8.57. The Bertz CT molecular complexity index is 385. The third-order valence-electron chi connectivity index (χ3n) is 4.48.